The number of hydrogen-bond acceptors (Lipinski definition) is 6. The molecule has 3 aromatic rings. The molecule has 0 aliphatic carbocycles. The van der Waals surface area contributed by atoms with Gasteiger partial charge in [-0.2, -0.15) is 0 Å². The lowest BCUT2D eigenvalue weighted by Crippen LogP contribution is -2.18. The Morgan fingerprint density at radius 2 is 1.82 bits per heavy atom. The van der Waals surface area contributed by atoms with E-state index in [0.29, 0.717) is 28.6 Å². The van der Waals surface area contributed by atoms with Crippen LogP contribution in [0.15, 0.2) is 46.2 Å². The maximum atomic E-state index is 12.6. The number of amides is 1. The van der Waals surface area contributed by atoms with E-state index in [4.69, 9.17) is 10.3 Å². The number of furan rings is 1. The molecule has 3 rings (SSSR count). The van der Waals surface area contributed by atoms with Crippen LogP contribution in [0.1, 0.15) is 50.7 Å². The molecule has 3 N–H and O–H groups in total. The Morgan fingerprint density at radius 3 is 2.39 bits per heavy atom. The molecule has 148 valence electrons. The zero-order valence-corrected chi connectivity index (χ0v) is 17.3. The van der Waals surface area contributed by atoms with Crippen LogP contribution in [-0.2, 0) is 4.79 Å². The van der Waals surface area contributed by atoms with Crippen LogP contribution in [0.25, 0.3) is 11.6 Å². The number of nitrogens with one attached hydrogen (secondary N) is 1. The summed E-state index contributed by atoms with van der Waals surface area (Å²) in [6.45, 7) is 8.49. The van der Waals surface area contributed by atoms with Crippen molar-refractivity contribution in [3.05, 3.63) is 47.7 Å². The van der Waals surface area contributed by atoms with Crippen molar-refractivity contribution in [1.82, 2.24) is 14.9 Å². The van der Waals surface area contributed by atoms with Gasteiger partial charge in [0.1, 0.15) is 0 Å². The average molecular weight is 400 g/mol. The van der Waals surface area contributed by atoms with Crippen LogP contribution < -0.4 is 11.2 Å². The van der Waals surface area contributed by atoms with Gasteiger partial charge in [0, 0.05) is 5.69 Å². The number of carbonyl (C=O) groups is 1. The zero-order valence-electron chi connectivity index (χ0n) is 16.5. The zero-order chi connectivity index (χ0) is 20.3. The molecule has 0 atom stereocenters. The summed E-state index contributed by atoms with van der Waals surface area (Å²) in [5.41, 5.74) is 3.17. The molecule has 0 bridgehead atoms. The van der Waals surface area contributed by atoms with Crippen molar-refractivity contribution in [3.63, 3.8) is 0 Å². The van der Waals surface area contributed by atoms with E-state index in [1.807, 2.05) is 6.07 Å². The number of nitrogen functional groups attached to an aromatic ring is 1. The normalized spacial score (nSPS) is 11.4. The molecule has 28 heavy (non-hydrogen) atoms. The number of nitrogens with two attached hydrogens (primary N) is 1. The van der Waals surface area contributed by atoms with Gasteiger partial charge in [-0.15, -0.1) is 10.2 Å². The molecular weight excluding hydrogens is 374 g/mol. The van der Waals surface area contributed by atoms with Gasteiger partial charge >= 0.3 is 0 Å². The fraction of sp³-hybridized carbons (Fsp3) is 0.350. The van der Waals surface area contributed by atoms with Gasteiger partial charge in [-0.05, 0) is 35.1 Å². The minimum absolute atomic E-state index is 0.109. The summed E-state index contributed by atoms with van der Waals surface area (Å²) in [6.07, 6.45) is 1.54. The number of rotatable bonds is 7. The summed E-state index contributed by atoms with van der Waals surface area (Å²) >= 11 is 1.23. The molecule has 1 amide bonds. The van der Waals surface area contributed by atoms with Crippen molar-refractivity contribution >= 4 is 23.4 Å². The summed E-state index contributed by atoms with van der Waals surface area (Å²) in [5.74, 6) is 7.67. The highest BCUT2D eigenvalue weighted by molar-refractivity contribution is 7.99. The number of benzene rings is 1. The third-order valence-corrected chi connectivity index (χ3v) is 5.32. The Labute approximate surface area is 168 Å². The Hall–Kier alpha value is -2.74. The molecule has 2 aromatic heterocycles. The van der Waals surface area contributed by atoms with Crippen molar-refractivity contribution < 1.29 is 9.21 Å². The van der Waals surface area contributed by atoms with Crippen LogP contribution in [-0.4, -0.2) is 26.5 Å². The summed E-state index contributed by atoms with van der Waals surface area (Å²) in [6, 6.07) is 9.67. The van der Waals surface area contributed by atoms with Gasteiger partial charge in [0.15, 0.2) is 5.76 Å². The maximum Gasteiger partial charge on any atom is 0.234 e. The fourth-order valence-electron chi connectivity index (χ4n) is 2.95. The summed E-state index contributed by atoms with van der Waals surface area (Å²) in [5, 5.41) is 11.6. The predicted octanol–water partition coefficient (Wildman–Crippen LogP) is 4.23. The lowest BCUT2D eigenvalue weighted by molar-refractivity contribution is -0.113. The first-order chi connectivity index (χ1) is 13.4. The molecule has 2 heterocycles. The molecule has 0 saturated carbocycles. The number of aromatic nitrogens is 3. The Morgan fingerprint density at radius 1 is 1.14 bits per heavy atom. The minimum Gasteiger partial charge on any atom is -0.461 e. The van der Waals surface area contributed by atoms with E-state index in [1.54, 1.807) is 18.4 Å². The molecule has 0 spiro atoms. The van der Waals surface area contributed by atoms with Gasteiger partial charge in [0.25, 0.3) is 0 Å². The lowest BCUT2D eigenvalue weighted by atomic mass is 9.92. The third kappa shape index (κ3) is 4.22. The van der Waals surface area contributed by atoms with E-state index in [2.05, 4.69) is 55.3 Å². The number of carbonyl (C=O) groups excluding carboxylic acids is 1. The standard InChI is InChI=1S/C20H25N5O2S/c1-12(2)14-7-5-8-15(13(3)4)18(14)22-17(26)11-28-20-24-23-19(25(20)21)16-9-6-10-27-16/h5-10,12-13H,11,21H2,1-4H3,(H,22,26). The van der Waals surface area contributed by atoms with Gasteiger partial charge in [-0.1, -0.05) is 57.7 Å². The minimum atomic E-state index is -0.109. The van der Waals surface area contributed by atoms with Crippen LogP contribution in [0.3, 0.4) is 0 Å². The second kappa shape index (κ2) is 8.52. The average Bonchev–Trinajstić information content (AvgIpc) is 3.29. The molecule has 7 nitrogen and oxygen atoms in total. The lowest BCUT2D eigenvalue weighted by Gasteiger charge is -2.20. The van der Waals surface area contributed by atoms with Crippen molar-refractivity contribution in [3.8, 4) is 11.6 Å². The summed E-state index contributed by atoms with van der Waals surface area (Å²) < 4.78 is 6.63. The fourth-order valence-corrected chi connectivity index (χ4v) is 3.61. The van der Waals surface area contributed by atoms with Gasteiger partial charge in [-0.3, -0.25) is 4.79 Å². The van der Waals surface area contributed by atoms with E-state index in [9.17, 15) is 4.79 Å². The quantitative estimate of drug-likeness (QED) is 0.456. The molecule has 0 fully saturated rings. The first kappa shape index (κ1) is 20.0. The number of nitrogens with zero attached hydrogens (tertiary/aromatic N) is 3. The molecule has 8 heteroatoms. The monoisotopic (exact) mass is 399 g/mol. The molecule has 0 unspecified atom stereocenters. The van der Waals surface area contributed by atoms with Gasteiger partial charge < -0.3 is 15.6 Å². The van der Waals surface area contributed by atoms with E-state index in [1.165, 1.54) is 16.4 Å². The maximum absolute atomic E-state index is 12.6. The summed E-state index contributed by atoms with van der Waals surface area (Å²) in [7, 11) is 0. The van der Waals surface area contributed by atoms with E-state index in [0.717, 1.165) is 16.8 Å². The van der Waals surface area contributed by atoms with Gasteiger partial charge in [0.05, 0.1) is 12.0 Å². The Bertz CT molecular complexity index is 921. The molecule has 1 aromatic carbocycles. The van der Waals surface area contributed by atoms with Crippen LogP contribution >= 0.6 is 11.8 Å². The van der Waals surface area contributed by atoms with Gasteiger partial charge in [0.2, 0.25) is 16.9 Å². The molecule has 0 aliphatic heterocycles. The number of anilines is 1. The van der Waals surface area contributed by atoms with Crippen molar-refractivity contribution in [1.29, 1.82) is 0 Å². The predicted molar refractivity (Wildman–Crippen MR) is 112 cm³/mol. The Kier molecular flexibility index (Phi) is 6.08. The molecule has 0 radical (unpaired) electrons. The smallest absolute Gasteiger partial charge is 0.234 e. The second-order valence-corrected chi connectivity index (χ2v) is 8.05. The van der Waals surface area contributed by atoms with E-state index >= 15 is 0 Å². The highest BCUT2D eigenvalue weighted by atomic mass is 32.2. The van der Waals surface area contributed by atoms with E-state index in [-0.39, 0.29) is 11.7 Å². The Balaban J connectivity index is 1.72. The first-order valence-electron chi connectivity index (χ1n) is 9.18. The van der Waals surface area contributed by atoms with Crippen molar-refractivity contribution in [2.75, 3.05) is 16.9 Å². The third-order valence-electron chi connectivity index (χ3n) is 4.38. The second-order valence-electron chi connectivity index (χ2n) is 7.11. The molecule has 0 saturated heterocycles. The van der Waals surface area contributed by atoms with Crippen LogP contribution in [0.5, 0.6) is 0 Å². The van der Waals surface area contributed by atoms with Crippen LogP contribution in [0.2, 0.25) is 0 Å². The van der Waals surface area contributed by atoms with Crippen molar-refractivity contribution in [2.24, 2.45) is 0 Å². The highest BCUT2D eigenvalue weighted by Gasteiger charge is 2.18. The highest BCUT2D eigenvalue weighted by Crippen LogP contribution is 2.32. The number of para-hydroxylation sites is 1. The molecule has 0 aliphatic rings. The van der Waals surface area contributed by atoms with E-state index < -0.39 is 0 Å². The first-order valence-corrected chi connectivity index (χ1v) is 10.2. The number of thioether (sulfide) groups is 1. The van der Waals surface area contributed by atoms with Gasteiger partial charge in [-0.25, -0.2) is 4.68 Å². The largest absolute Gasteiger partial charge is 0.461 e. The molecular formula is C20H25N5O2S. The summed E-state index contributed by atoms with van der Waals surface area (Å²) in [4.78, 5) is 12.6. The SMILES string of the molecule is CC(C)c1cccc(C(C)C)c1NC(=O)CSc1nnc(-c2ccco2)n1N. The van der Waals surface area contributed by atoms with Crippen molar-refractivity contribution in [2.45, 2.75) is 44.7 Å². The van der Waals surface area contributed by atoms with Crippen LogP contribution in [0.4, 0.5) is 5.69 Å². The number of hydrogen-bond donors (Lipinski definition) is 2. The topological polar surface area (TPSA) is 99.0 Å². The van der Waals surface area contributed by atoms with Crippen LogP contribution in [0, 0.1) is 0 Å².